The third kappa shape index (κ3) is 4.05. The maximum Gasteiger partial charge on any atom is 0.153 e. The van der Waals surface area contributed by atoms with E-state index < -0.39 is 9.84 Å². The molecule has 0 bridgehead atoms. The smallest absolute Gasteiger partial charge is 0.153 e. The summed E-state index contributed by atoms with van der Waals surface area (Å²) in [6, 6.07) is 10.8. The van der Waals surface area contributed by atoms with E-state index in [2.05, 4.69) is 10.6 Å². The Kier molecular flexibility index (Phi) is 4.58. The molecular formula is C16H20N2O4S. The monoisotopic (exact) mass is 336 g/mol. The minimum atomic E-state index is -3.05. The summed E-state index contributed by atoms with van der Waals surface area (Å²) >= 11 is 0. The number of ether oxygens (including phenoxy) is 1. The summed E-state index contributed by atoms with van der Waals surface area (Å²) < 4.78 is 34.4. The third-order valence-corrected chi connectivity index (χ3v) is 5.65. The molecule has 2 N–H and O–H groups in total. The Bertz CT molecular complexity index is 726. The number of hydrogen-bond acceptors (Lipinski definition) is 6. The summed E-state index contributed by atoms with van der Waals surface area (Å²) in [6.45, 7) is 0.508. The molecule has 6 nitrogen and oxygen atoms in total. The van der Waals surface area contributed by atoms with Crippen molar-refractivity contribution in [1.82, 2.24) is 5.32 Å². The van der Waals surface area contributed by atoms with E-state index in [-0.39, 0.29) is 23.6 Å². The normalized spacial score (nSPS) is 22.8. The van der Waals surface area contributed by atoms with E-state index in [0.29, 0.717) is 6.54 Å². The molecule has 3 rings (SSSR count). The quantitative estimate of drug-likeness (QED) is 0.835. The molecule has 1 aliphatic heterocycles. The summed E-state index contributed by atoms with van der Waals surface area (Å²) in [4.78, 5) is 0. The van der Waals surface area contributed by atoms with E-state index in [0.717, 1.165) is 17.2 Å². The topological polar surface area (TPSA) is 80.6 Å². The van der Waals surface area contributed by atoms with E-state index in [4.69, 9.17) is 9.15 Å². The highest BCUT2D eigenvalue weighted by atomic mass is 32.2. The highest BCUT2D eigenvalue weighted by Crippen LogP contribution is 2.21. The second kappa shape index (κ2) is 6.64. The minimum absolute atomic E-state index is 0.120. The van der Waals surface area contributed by atoms with Gasteiger partial charge in [-0.1, -0.05) is 0 Å². The second-order valence-corrected chi connectivity index (χ2v) is 7.78. The first-order valence-electron chi connectivity index (χ1n) is 7.42. The predicted octanol–water partition coefficient (Wildman–Crippen LogP) is 1.66. The largest absolute Gasteiger partial charge is 0.497 e. The summed E-state index contributed by atoms with van der Waals surface area (Å²) in [5.74, 6) is 1.80. The summed E-state index contributed by atoms with van der Waals surface area (Å²) in [6.07, 6.45) is 1.61. The molecular weight excluding hydrogens is 316 g/mol. The van der Waals surface area contributed by atoms with Crippen LogP contribution in [0.15, 0.2) is 47.1 Å². The zero-order valence-corrected chi connectivity index (χ0v) is 13.7. The average molecular weight is 336 g/mol. The van der Waals surface area contributed by atoms with Crippen LogP contribution in [-0.4, -0.2) is 39.1 Å². The van der Waals surface area contributed by atoms with Gasteiger partial charge in [0.1, 0.15) is 11.5 Å². The van der Waals surface area contributed by atoms with Crippen molar-refractivity contribution in [3.63, 3.8) is 0 Å². The van der Waals surface area contributed by atoms with Crippen LogP contribution >= 0.6 is 0 Å². The van der Waals surface area contributed by atoms with Crippen LogP contribution in [0.25, 0.3) is 0 Å². The van der Waals surface area contributed by atoms with Gasteiger partial charge in [-0.05, 0) is 36.4 Å². The Morgan fingerprint density at radius 3 is 2.57 bits per heavy atom. The van der Waals surface area contributed by atoms with Crippen molar-refractivity contribution in [1.29, 1.82) is 0 Å². The highest BCUT2D eigenvalue weighted by molar-refractivity contribution is 7.91. The molecule has 2 heterocycles. The summed E-state index contributed by atoms with van der Waals surface area (Å²) in [7, 11) is -1.44. The number of nitrogens with one attached hydrogen (secondary N) is 2. The number of sulfone groups is 1. The minimum Gasteiger partial charge on any atom is -0.497 e. The van der Waals surface area contributed by atoms with Crippen LogP contribution in [-0.2, 0) is 16.4 Å². The lowest BCUT2D eigenvalue weighted by atomic mass is 10.1. The number of methoxy groups -OCH3 is 1. The Morgan fingerprint density at radius 2 is 1.91 bits per heavy atom. The van der Waals surface area contributed by atoms with Crippen molar-refractivity contribution in [3.05, 3.63) is 48.4 Å². The van der Waals surface area contributed by atoms with E-state index in [1.807, 2.05) is 36.4 Å². The van der Waals surface area contributed by atoms with Crippen LogP contribution in [0.2, 0.25) is 0 Å². The van der Waals surface area contributed by atoms with Crippen molar-refractivity contribution in [2.75, 3.05) is 23.9 Å². The van der Waals surface area contributed by atoms with Crippen molar-refractivity contribution in [2.24, 2.45) is 0 Å². The zero-order chi connectivity index (χ0) is 16.3. The van der Waals surface area contributed by atoms with Gasteiger partial charge in [0.25, 0.3) is 0 Å². The number of benzene rings is 1. The molecule has 1 aromatic carbocycles. The van der Waals surface area contributed by atoms with Crippen molar-refractivity contribution in [3.8, 4) is 5.75 Å². The van der Waals surface area contributed by atoms with Gasteiger partial charge >= 0.3 is 0 Å². The van der Waals surface area contributed by atoms with Crippen LogP contribution in [0.5, 0.6) is 5.75 Å². The third-order valence-electron chi connectivity index (χ3n) is 3.91. The molecule has 23 heavy (non-hydrogen) atoms. The van der Waals surface area contributed by atoms with Crippen LogP contribution < -0.4 is 15.4 Å². The lowest BCUT2D eigenvalue weighted by Gasteiger charge is -2.21. The molecule has 7 heteroatoms. The number of furan rings is 1. The second-order valence-electron chi connectivity index (χ2n) is 5.62. The van der Waals surface area contributed by atoms with E-state index in [9.17, 15) is 8.42 Å². The van der Waals surface area contributed by atoms with Crippen LogP contribution in [0, 0.1) is 0 Å². The molecule has 124 valence electrons. The molecule has 1 saturated heterocycles. The number of rotatable bonds is 6. The maximum absolute atomic E-state index is 12.0. The first-order valence-corrected chi connectivity index (χ1v) is 9.25. The van der Waals surface area contributed by atoms with Crippen LogP contribution in [0.3, 0.4) is 0 Å². The van der Waals surface area contributed by atoms with E-state index in [1.54, 1.807) is 13.4 Å². The summed E-state index contributed by atoms with van der Waals surface area (Å²) in [5.41, 5.74) is 0.873. The van der Waals surface area contributed by atoms with E-state index >= 15 is 0 Å². The molecule has 0 radical (unpaired) electrons. The molecule has 0 amide bonds. The predicted molar refractivity (Wildman–Crippen MR) is 88.4 cm³/mol. The van der Waals surface area contributed by atoms with Crippen LogP contribution in [0.4, 0.5) is 5.69 Å². The first-order chi connectivity index (χ1) is 11.1. The first kappa shape index (κ1) is 15.9. The van der Waals surface area contributed by atoms with Gasteiger partial charge < -0.3 is 19.8 Å². The fourth-order valence-electron chi connectivity index (χ4n) is 2.74. The van der Waals surface area contributed by atoms with Gasteiger partial charge in [0.05, 0.1) is 37.5 Å². The lowest BCUT2D eigenvalue weighted by molar-refractivity contribution is 0.415. The Hall–Kier alpha value is -1.99. The molecule has 1 aromatic heterocycles. The molecule has 1 fully saturated rings. The van der Waals surface area contributed by atoms with Gasteiger partial charge in [-0.2, -0.15) is 0 Å². The fourth-order valence-corrected chi connectivity index (χ4v) is 4.63. The van der Waals surface area contributed by atoms with Crippen LogP contribution in [0.1, 0.15) is 5.76 Å². The van der Waals surface area contributed by atoms with Gasteiger partial charge in [-0.25, -0.2) is 8.42 Å². The van der Waals surface area contributed by atoms with Gasteiger partial charge in [0, 0.05) is 11.7 Å². The molecule has 0 unspecified atom stereocenters. The van der Waals surface area contributed by atoms with Gasteiger partial charge in [-0.15, -0.1) is 0 Å². The molecule has 0 saturated carbocycles. The molecule has 2 aromatic rings. The maximum atomic E-state index is 12.0. The average Bonchev–Trinajstić information content (AvgIpc) is 3.13. The van der Waals surface area contributed by atoms with Gasteiger partial charge in [0.2, 0.25) is 0 Å². The van der Waals surface area contributed by atoms with Crippen molar-refractivity contribution < 1.29 is 17.6 Å². The highest BCUT2D eigenvalue weighted by Gasteiger charge is 2.37. The Labute approximate surface area is 135 Å². The fraction of sp³-hybridized carbons (Fsp3) is 0.375. The van der Waals surface area contributed by atoms with Gasteiger partial charge in [-0.3, -0.25) is 0 Å². The molecule has 0 spiro atoms. The summed E-state index contributed by atoms with van der Waals surface area (Å²) in [5, 5.41) is 6.57. The standard InChI is InChI=1S/C16H20N2O4S/c1-21-13-6-4-12(5-7-13)18-16-11-23(19,20)10-15(16)17-9-14-3-2-8-22-14/h2-8,15-18H,9-11H2,1H3/t15-,16-/m1/s1. The molecule has 1 aliphatic rings. The molecule has 2 atom stereocenters. The van der Waals surface area contributed by atoms with Crippen molar-refractivity contribution in [2.45, 2.75) is 18.6 Å². The van der Waals surface area contributed by atoms with Gasteiger partial charge in [0.15, 0.2) is 9.84 Å². The van der Waals surface area contributed by atoms with E-state index in [1.165, 1.54) is 0 Å². The van der Waals surface area contributed by atoms with Crippen molar-refractivity contribution >= 4 is 15.5 Å². The number of hydrogen-bond donors (Lipinski definition) is 2. The Morgan fingerprint density at radius 1 is 1.17 bits per heavy atom. The lowest BCUT2D eigenvalue weighted by Crippen LogP contribution is -2.42. The SMILES string of the molecule is COc1ccc(N[C@@H]2CS(=O)(=O)C[C@H]2NCc2ccco2)cc1. The molecule has 0 aliphatic carbocycles. The zero-order valence-electron chi connectivity index (χ0n) is 12.9. The Balaban J connectivity index is 1.66. The number of anilines is 1.